The number of benzene rings is 1. The molecule has 0 saturated carbocycles. The van der Waals surface area contributed by atoms with Crippen molar-refractivity contribution in [3.8, 4) is 0 Å². The van der Waals surface area contributed by atoms with Crippen molar-refractivity contribution in [3.05, 3.63) is 46.5 Å². The maximum atomic E-state index is 13.3. The van der Waals surface area contributed by atoms with Crippen LogP contribution in [0.25, 0.3) is 0 Å². The van der Waals surface area contributed by atoms with E-state index in [0.717, 1.165) is 12.2 Å². The van der Waals surface area contributed by atoms with Crippen LogP contribution in [-0.2, 0) is 13.1 Å². The van der Waals surface area contributed by atoms with E-state index in [9.17, 15) is 4.39 Å². The molecule has 6 heteroatoms. The Bertz CT molecular complexity index is 527. The SMILES string of the molecule is CCNCc1cn(Cc2cccc(F)c2Cl)nn1. The van der Waals surface area contributed by atoms with Gasteiger partial charge in [0.25, 0.3) is 0 Å². The molecule has 0 spiro atoms. The van der Waals surface area contributed by atoms with Gasteiger partial charge in [-0.2, -0.15) is 0 Å². The molecule has 0 atom stereocenters. The van der Waals surface area contributed by atoms with Crippen molar-refractivity contribution in [2.45, 2.75) is 20.0 Å². The smallest absolute Gasteiger partial charge is 0.142 e. The Balaban J connectivity index is 2.09. The molecule has 0 bridgehead atoms. The maximum absolute atomic E-state index is 13.3. The molecule has 0 saturated heterocycles. The Labute approximate surface area is 110 Å². The van der Waals surface area contributed by atoms with Crippen LogP contribution in [0.5, 0.6) is 0 Å². The Morgan fingerprint density at radius 3 is 3.06 bits per heavy atom. The van der Waals surface area contributed by atoms with Gasteiger partial charge in [0.05, 0.1) is 23.5 Å². The van der Waals surface area contributed by atoms with Gasteiger partial charge in [0.2, 0.25) is 0 Å². The fourth-order valence-corrected chi connectivity index (χ4v) is 1.78. The second kappa shape index (κ2) is 5.93. The molecule has 18 heavy (non-hydrogen) atoms. The van der Waals surface area contributed by atoms with Gasteiger partial charge in [0.1, 0.15) is 5.82 Å². The molecule has 0 amide bonds. The van der Waals surface area contributed by atoms with Crippen molar-refractivity contribution >= 4 is 11.6 Å². The van der Waals surface area contributed by atoms with Crippen molar-refractivity contribution < 1.29 is 4.39 Å². The third-order valence-electron chi connectivity index (χ3n) is 2.51. The van der Waals surface area contributed by atoms with E-state index in [4.69, 9.17) is 11.6 Å². The monoisotopic (exact) mass is 268 g/mol. The molecule has 4 nitrogen and oxygen atoms in total. The van der Waals surface area contributed by atoms with E-state index in [-0.39, 0.29) is 5.02 Å². The van der Waals surface area contributed by atoms with Gasteiger partial charge in [0, 0.05) is 6.54 Å². The molecule has 1 heterocycles. The molecule has 0 aliphatic carbocycles. The van der Waals surface area contributed by atoms with Crippen LogP contribution in [0.3, 0.4) is 0 Å². The first-order valence-electron chi connectivity index (χ1n) is 5.73. The first-order chi connectivity index (χ1) is 8.70. The highest BCUT2D eigenvalue weighted by molar-refractivity contribution is 6.31. The van der Waals surface area contributed by atoms with Crippen molar-refractivity contribution in [1.82, 2.24) is 20.3 Å². The lowest BCUT2D eigenvalue weighted by Gasteiger charge is -2.04. The minimum Gasteiger partial charge on any atom is -0.311 e. The summed E-state index contributed by atoms with van der Waals surface area (Å²) in [5.41, 5.74) is 1.54. The van der Waals surface area contributed by atoms with E-state index < -0.39 is 5.82 Å². The van der Waals surface area contributed by atoms with Gasteiger partial charge in [0.15, 0.2) is 0 Å². The van der Waals surface area contributed by atoms with E-state index in [2.05, 4.69) is 15.6 Å². The first kappa shape index (κ1) is 13.0. The summed E-state index contributed by atoms with van der Waals surface area (Å²) in [7, 11) is 0. The summed E-state index contributed by atoms with van der Waals surface area (Å²) in [6.07, 6.45) is 1.82. The summed E-state index contributed by atoms with van der Waals surface area (Å²) in [6.45, 7) is 3.99. The lowest BCUT2D eigenvalue weighted by Crippen LogP contribution is -2.11. The van der Waals surface area contributed by atoms with E-state index in [1.165, 1.54) is 6.07 Å². The number of aromatic nitrogens is 3. The first-order valence-corrected chi connectivity index (χ1v) is 6.11. The van der Waals surface area contributed by atoms with Crippen LogP contribution in [-0.4, -0.2) is 21.5 Å². The van der Waals surface area contributed by atoms with Crippen molar-refractivity contribution in [1.29, 1.82) is 0 Å². The molecule has 0 aliphatic heterocycles. The average molecular weight is 269 g/mol. The lowest BCUT2D eigenvalue weighted by molar-refractivity contribution is 0.614. The van der Waals surface area contributed by atoms with Gasteiger partial charge in [-0.3, -0.25) is 0 Å². The topological polar surface area (TPSA) is 42.7 Å². The second-order valence-corrected chi connectivity index (χ2v) is 4.28. The molecule has 1 N–H and O–H groups in total. The minimum atomic E-state index is -0.415. The Morgan fingerprint density at radius 2 is 2.28 bits per heavy atom. The quantitative estimate of drug-likeness (QED) is 0.904. The highest BCUT2D eigenvalue weighted by Crippen LogP contribution is 2.20. The van der Waals surface area contributed by atoms with Crippen LogP contribution in [0.15, 0.2) is 24.4 Å². The van der Waals surface area contributed by atoms with Crippen molar-refractivity contribution in [2.75, 3.05) is 6.54 Å². The summed E-state index contributed by atoms with van der Waals surface area (Å²) in [5, 5.41) is 11.3. The zero-order valence-electron chi connectivity index (χ0n) is 10.0. The van der Waals surface area contributed by atoms with Crippen LogP contribution >= 0.6 is 11.6 Å². The summed E-state index contributed by atoms with van der Waals surface area (Å²) in [4.78, 5) is 0. The number of rotatable bonds is 5. The molecule has 0 aliphatic rings. The van der Waals surface area contributed by atoms with Crippen molar-refractivity contribution in [3.63, 3.8) is 0 Å². The largest absolute Gasteiger partial charge is 0.311 e. The summed E-state index contributed by atoms with van der Waals surface area (Å²) in [6, 6.07) is 4.74. The van der Waals surface area contributed by atoms with Crippen LogP contribution in [0.1, 0.15) is 18.2 Å². The second-order valence-electron chi connectivity index (χ2n) is 3.90. The normalized spacial score (nSPS) is 10.8. The molecule has 0 fully saturated rings. The number of hydrogen-bond acceptors (Lipinski definition) is 3. The molecule has 2 rings (SSSR count). The summed E-state index contributed by atoms with van der Waals surface area (Å²) < 4.78 is 14.9. The van der Waals surface area contributed by atoms with Gasteiger partial charge >= 0.3 is 0 Å². The molecular weight excluding hydrogens is 255 g/mol. The Morgan fingerprint density at radius 1 is 1.44 bits per heavy atom. The van der Waals surface area contributed by atoms with Crippen LogP contribution in [0, 0.1) is 5.82 Å². The predicted octanol–water partition coefficient (Wildman–Crippen LogP) is 2.23. The Hall–Kier alpha value is -1.46. The molecule has 1 aromatic heterocycles. The van der Waals surface area contributed by atoms with Gasteiger partial charge in [-0.1, -0.05) is 35.9 Å². The standard InChI is InChI=1S/C12H14ClFN4/c1-2-15-6-10-8-18(17-16-10)7-9-4-3-5-11(14)12(9)13/h3-5,8,15H,2,6-7H2,1H3. The highest BCUT2D eigenvalue weighted by atomic mass is 35.5. The number of hydrogen-bond donors (Lipinski definition) is 1. The molecule has 1 aromatic carbocycles. The number of halogens is 2. The zero-order chi connectivity index (χ0) is 13.0. The maximum Gasteiger partial charge on any atom is 0.142 e. The third-order valence-corrected chi connectivity index (χ3v) is 2.93. The fourth-order valence-electron chi connectivity index (χ4n) is 1.59. The van der Waals surface area contributed by atoms with Crippen LogP contribution in [0.4, 0.5) is 4.39 Å². The predicted molar refractivity (Wildman–Crippen MR) is 67.9 cm³/mol. The number of nitrogens with one attached hydrogen (secondary N) is 1. The molecule has 0 unspecified atom stereocenters. The van der Waals surface area contributed by atoms with Crippen LogP contribution in [0.2, 0.25) is 5.02 Å². The Kier molecular flexibility index (Phi) is 4.28. The van der Waals surface area contributed by atoms with Gasteiger partial charge in [-0.05, 0) is 18.2 Å². The van der Waals surface area contributed by atoms with Crippen molar-refractivity contribution in [2.24, 2.45) is 0 Å². The van der Waals surface area contributed by atoms with Gasteiger partial charge in [-0.15, -0.1) is 5.10 Å². The van der Waals surface area contributed by atoms with Gasteiger partial charge in [-0.25, -0.2) is 9.07 Å². The fraction of sp³-hybridized carbons (Fsp3) is 0.333. The van der Waals surface area contributed by atoms with E-state index in [1.54, 1.807) is 16.8 Å². The average Bonchev–Trinajstić information content (AvgIpc) is 2.80. The number of nitrogens with zero attached hydrogens (tertiary/aromatic N) is 3. The molecule has 0 radical (unpaired) electrons. The van der Waals surface area contributed by atoms with E-state index in [0.29, 0.717) is 18.7 Å². The van der Waals surface area contributed by atoms with Gasteiger partial charge < -0.3 is 5.32 Å². The molecule has 96 valence electrons. The third kappa shape index (κ3) is 3.05. The minimum absolute atomic E-state index is 0.140. The zero-order valence-corrected chi connectivity index (χ0v) is 10.8. The molecular formula is C12H14ClFN4. The summed E-state index contributed by atoms with van der Waals surface area (Å²) >= 11 is 5.88. The lowest BCUT2D eigenvalue weighted by atomic mass is 10.2. The van der Waals surface area contributed by atoms with Crippen LogP contribution < -0.4 is 5.32 Å². The molecule has 2 aromatic rings. The summed E-state index contributed by atoms with van der Waals surface area (Å²) in [5.74, 6) is -0.415. The van der Waals surface area contributed by atoms with E-state index in [1.807, 2.05) is 13.1 Å². The highest BCUT2D eigenvalue weighted by Gasteiger charge is 2.07. The van der Waals surface area contributed by atoms with E-state index >= 15 is 0 Å².